The van der Waals surface area contributed by atoms with Crippen molar-refractivity contribution in [3.8, 4) is 5.75 Å². The van der Waals surface area contributed by atoms with Crippen LogP contribution in [0.25, 0.3) is 0 Å². The number of phenols is 1. The highest BCUT2D eigenvalue weighted by Gasteiger charge is 2.44. The minimum Gasteiger partial charge on any atom is -0.507 e. The second-order valence-electron chi connectivity index (χ2n) is 5.44. The first kappa shape index (κ1) is 13.2. The molecule has 0 aliphatic carbocycles. The fourth-order valence-electron chi connectivity index (χ4n) is 3.27. The Morgan fingerprint density at radius 3 is 3.00 bits per heavy atom. The fraction of sp³-hybridized carbons (Fsp3) is 0.500. The third-order valence-electron chi connectivity index (χ3n) is 4.38. The number of nitrogens with one attached hydrogen (secondary N) is 1. The third kappa shape index (κ3) is 2.23. The second-order valence-corrected chi connectivity index (χ2v) is 6.69. The minimum absolute atomic E-state index is 0.0436. The molecule has 4 nitrogen and oxygen atoms in total. The molecule has 5 heteroatoms. The van der Waals surface area contributed by atoms with E-state index >= 15 is 0 Å². The molecular formula is C14H17IN2O2. The average Bonchev–Trinajstić information content (AvgIpc) is 2.95. The summed E-state index contributed by atoms with van der Waals surface area (Å²) in [5, 5.41) is 13.3. The van der Waals surface area contributed by atoms with Crippen molar-refractivity contribution in [3.63, 3.8) is 0 Å². The number of carbonyl (C=O) groups excluding carboxylic acids is 1. The largest absolute Gasteiger partial charge is 0.507 e. The van der Waals surface area contributed by atoms with Crippen molar-refractivity contribution in [2.75, 3.05) is 19.6 Å². The Hall–Kier alpha value is -0.820. The molecule has 2 aliphatic rings. The van der Waals surface area contributed by atoms with Crippen molar-refractivity contribution in [3.05, 3.63) is 27.3 Å². The van der Waals surface area contributed by atoms with E-state index in [0.717, 1.165) is 23.2 Å². The lowest BCUT2D eigenvalue weighted by Crippen LogP contribution is -2.38. The summed E-state index contributed by atoms with van der Waals surface area (Å²) >= 11 is 2.16. The maximum absolute atomic E-state index is 12.6. The second kappa shape index (κ2) is 4.94. The number of halogens is 1. The Bertz CT molecular complexity index is 520. The van der Waals surface area contributed by atoms with Crippen LogP contribution in [0.15, 0.2) is 18.2 Å². The Balaban J connectivity index is 1.86. The molecular weight excluding hydrogens is 355 g/mol. The van der Waals surface area contributed by atoms with Crippen molar-refractivity contribution >= 4 is 28.5 Å². The van der Waals surface area contributed by atoms with E-state index in [9.17, 15) is 9.90 Å². The van der Waals surface area contributed by atoms with Crippen molar-refractivity contribution in [2.45, 2.75) is 13.0 Å². The summed E-state index contributed by atoms with van der Waals surface area (Å²) < 4.78 is 0.965. The molecule has 102 valence electrons. The summed E-state index contributed by atoms with van der Waals surface area (Å²) in [6.07, 6.45) is 0. The van der Waals surface area contributed by atoms with Crippen LogP contribution in [-0.4, -0.2) is 41.6 Å². The number of rotatable bonds is 1. The molecule has 0 aromatic heterocycles. The van der Waals surface area contributed by atoms with Crippen LogP contribution in [0.3, 0.4) is 0 Å². The van der Waals surface area contributed by atoms with Gasteiger partial charge in [-0.3, -0.25) is 4.79 Å². The van der Waals surface area contributed by atoms with Crippen LogP contribution >= 0.6 is 22.6 Å². The highest BCUT2D eigenvalue weighted by molar-refractivity contribution is 14.1. The number of amides is 1. The molecule has 2 heterocycles. The number of hydrogen-bond acceptors (Lipinski definition) is 3. The molecule has 0 bridgehead atoms. The predicted molar refractivity (Wildman–Crippen MR) is 81.2 cm³/mol. The van der Waals surface area contributed by atoms with Gasteiger partial charge in [0.15, 0.2) is 0 Å². The lowest BCUT2D eigenvalue weighted by atomic mass is 9.95. The zero-order valence-corrected chi connectivity index (χ0v) is 12.9. The van der Waals surface area contributed by atoms with Crippen LogP contribution in [-0.2, 0) is 0 Å². The smallest absolute Gasteiger partial charge is 0.257 e. The van der Waals surface area contributed by atoms with Crippen molar-refractivity contribution < 1.29 is 9.90 Å². The van der Waals surface area contributed by atoms with Crippen molar-refractivity contribution in [1.29, 1.82) is 0 Å². The lowest BCUT2D eigenvalue weighted by molar-refractivity contribution is 0.0725. The van der Waals surface area contributed by atoms with E-state index in [-0.39, 0.29) is 17.7 Å². The summed E-state index contributed by atoms with van der Waals surface area (Å²) in [6.45, 7) is 4.90. The Morgan fingerprint density at radius 1 is 1.47 bits per heavy atom. The molecule has 3 rings (SSSR count). The van der Waals surface area contributed by atoms with Gasteiger partial charge in [0, 0.05) is 29.2 Å². The molecule has 2 fully saturated rings. The number of fused-ring (bicyclic) bond motifs is 1. The van der Waals surface area contributed by atoms with Gasteiger partial charge in [-0.25, -0.2) is 0 Å². The lowest BCUT2D eigenvalue weighted by Gasteiger charge is -2.25. The van der Waals surface area contributed by atoms with Crippen LogP contribution < -0.4 is 5.32 Å². The van der Waals surface area contributed by atoms with Gasteiger partial charge >= 0.3 is 0 Å². The summed E-state index contributed by atoms with van der Waals surface area (Å²) in [5.74, 6) is 1.14. The maximum atomic E-state index is 12.6. The molecule has 1 aromatic rings. The Kier molecular flexibility index (Phi) is 3.42. The summed E-state index contributed by atoms with van der Waals surface area (Å²) in [6, 6.07) is 5.40. The summed E-state index contributed by atoms with van der Waals surface area (Å²) in [7, 11) is 0. The first-order valence-corrected chi connectivity index (χ1v) is 7.66. The number of carbonyl (C=O) groups is 1. The highest BCUT2D eigenvalue weighted by Crippen LogP contribution is 2.34. The van der Waals surface area contributed by atoms with Crippen LogP contribution in [0.5, 0.6) is 5.75 Å². The van der Waals surface area contributed by atoms with E-state index in [0.29, 0.717) is 17.4 Å². The van der Waals surface area contributed by atoms with Gasteiger partial charge in [-0.1, -0.05) is 0 Å². The average molecular weight is 372 g/mol. The zero-order valence-electron chi connectivity index (χ0n) is 10.8. The molecule has 3 atom stereocenters. The van der Waals surface area contributed by atoms with E-state index in [1.807, 2.05) is 4.90 Å². The quantitative estimate of drug-likeness (QED) is 0.738. The van der Waals surface area contributed by atoms with Gasteiger partial charge in [0.2, 0.25) is 0 Å². The number of nitrogens with zero attached hydrogens (tertiary/aromatic N) is 1. The molecule has 0 spiro atoms. The monoisotopic (exact) mass is 372 g/mol. The standard InChI is InChI=1S/C14H17IN2O2/c1-8-12-6-16-5-9(12)7-17(8)14(19)11-4-10(15)2-3-13(11)18/h2-4,8-9,12,16,18H,5-7H2,1H3. The number of phenolic OH excluding ortho intramolecular Hbond substituents is 1. The maximum Gasteiger partial charge on any atom is 0.257 e. The van der Waals surface area contributed by atoms with Crippen LogP contribution in [0, 0.1) is 15.4 Å². The van der Waals surface area contributed by atoms with Crippen molar-refractivity contribution in [1.82, 2.24) is 10.2 Å². The number of aromatic hydroxyl groups is 1. The van der Waals surface area contributed by atoms with Gasteiger partial charge in [0.1, 0.15) is 5.75 Å². The van der Waals surface area contributed by atoms with E-state index in [4.69, 9.17) is 0 Å². The molecule has 2 aliphatic heterocycles. The summed E-state index contributed by atoms with van der Waals surface area (Å²) in [5.41, 5.74) is 0.423. The van der Waals surface area contributed by atoms with Gasteiger partial charge in [0.05, 0.1) is 5.56 Å². The Labute approximate surface area is 126 Å². The molecule has 2 N–H and O–H groups in total. The number of hydrogen-bond donors (Lipinski definition) is 2. The number of benzene rings is 1. The molecule has 3 unspecified atom stereocenters. The van der Waals surface area contributed by atoms with Gasteiger partial charge < -0.3 is 15.3 Å². The number of likely N-dealkylation sites (tertiary alicyclic amines) is 1. The topological polar surface area (TPSA) is 52.6 Å². The van der Waals surface area contributed by atoms with Gasteiger partial charge in [-0.05, 0) is 59.5 Å². The fourth-order valence-corrected chi connectivity index (χ4v) is 3.76. The van der Waals surface area contributed by atoms with Gasteiger partial charge in [-0.2, -0.15) is 0 Å². The van der Waals surface area contributed by atoms with Gasteiger partial charge in [0.25, 0.3) is 5.91 Å². The van der Waals surface area contributed by atoms with E-state index in [1.54, 1.807) is 18.2 Å². The van der Waals surface area contributed by atoms with Crippen molar-refractivity contribution in [2.24, 2.45) is 11.8 Å². The van der Waals surface area contributed by atoms with Crippen LogP contribution in [0.1, 0.15) is 17.3 Å². The molecule has 1 aromatic carbocycles. The zero-order chi connectivity index (χ0) is 13.6. The normalized spacial score (nSPS) is 29.6. The van der Waals surface area contributed by atoms with Gasteiger partial charge in [-0.15, -0.1) is 0 Å². The van der Waals surface area contributed by atoms with Crippen LogP contribution in [0.4, 0.5) is 0 Å². The highest BCUT2D eigenvalue weighted by atomic mass is 127. The molecule has 1 amide bonds. The third-order valence-corrected chi connectivity index (χ3v) is 5.06. The molecule has 0 saturated carbocycles. The molecule has 2 saturated heterocycles. The SMILES string of the molecule is CC1C2CNCC2CN1C(=O)c1cc(I)ccc1O. The van der Waals surface area contributed by atoms with E-state index in [2.05, 4.69) is 34.8 Å². The molecule has 19 heavy (non-hydrogen) atoms. The first-order chi connectivity index (χ1) is 9.08. The minimum atomic E-state index is -0.0436. The Morgan fingerprint density at radius 2 is 2.26 bits per heavy atom. The molecule has 0 radical (unpaired) electrons. The van der Waals surface area contributed by atoms with E-state index < -0.39 is 0 Å². The van der Waals surface area contributed by atoms with E-state index in [1.165, 1.54) is 0 Å². The van der Waals surface area contributed by atoms with Crippen LogP contribution in [0.2, 0.25) is 0 Å². The first-order valence-electron chi connectivity index (χ1n) is 6.58. The summed E-state index contributed by atoms with van der Waals surface area (Å²) in [4.78, 5) is 14.5. The predicted octanol–water partition coefficient (Wildman–Crippen LogP) is 1.68.